The minimum absolute atomic E-state index is 0.171. The van der Waals surface area contributed by atoms with Gasteiger partial charge in [0.25, 0.3) is 11.1 Å². The van der Waals surface area contributed by atoms with Crippen molar-refractivity contribution in [2.45, 2.75) is 13.8 Å². The Morgan fingerprint density at radius 1 is 1.26 bits per heavy atom. The van der Waals surface area contributed by atoms with E-state index in [4.69, 9.17) is 0 Å². The van der Waals surface area contributed by atoms with E-state index in [9.17, 15) is 14.7 Å². The molecule has 4 nitrogen and oxygen atoms in total. The summed E-state index contributed by atoms with van der Waals surface area (Å²) in [5.41, 5.74) is 0.785. The Kier molecular flexibility index (Phi) is 3.95. The third-order valence-corrected chi connectivity index (χ3v) is 3.52. The van der Waals surface area contributed by atoms with Gasteiger partial charge in [-0.3, -0.25) is 14.5 Å². The summed E-state index contributed by atoms with van der Waals surface area (Å²) in [6, 6.07) is 6.49. The summed E-state index contributed by atoms with van der Waals surface area (Å²) in [6.45, 7) is 4.37. The SMILES string of the molecule is CC(C)CN1C(=O)S/C(=C\c2ccc(O)cc2)C1=O. The minimum Gasteiger partial charge on any atom is -0.508 e. The van der Waals surface area contributed by atoms with E-state index in [1.165, 1.54) is 4.90 Å². The lowest BCUT2D eigenvalue weighted by molar-refractivity contribution is -0.123. The number of carbonyl (C=O) groups excluding carboxylic acids is 2. The van der Waals surface area contributed by atoms with E-state index in [-0.39, 0.29) is 22.8 Å². The molecule has 0 aliphatic carbocycles. The molecule has 0 saturated carbocycles. The zero-order valence-electron chi connectivity index (χ0n) is 10.8. The molecule has 0 radical (unpaired) electrons. The molecular formula is C14H15NO3S. The van der Waals surface area contributed by atoms with Crippen LogP contribution in [0.1, 0.15) is 19.4 Å². The summed E-state index contributed by atoms with van der Waals surface area (Å²) < 4.78 is 0. The summed E-state index contributed by atoms with van der Waals surface area (Å²) in [4.78, 5) is 25.6. The standard InChI is InChI=1S/C14H15NO3S/c1-9(2)8-15-13(17)12(19-14(15)18)7-10-3-5-11(16)6-4-10/h3-7,9,16H,8H2,1-2H3/b12-7-. The van der Waals surface area contributed by atoms with Crippen LogP contribution in [0.5, 0.6) is 5.75 Å². The van der Waals surface area contributed by atoms with Crippen LogP contribution in [0.25, 0.3) is 6.08 Å². The molecule has 1 aromatic carbocycles. The van der Waals surface area contributed by atoms with E-state index in [2.05, 4.69) is 0 Å². The Labute approximate surface area is 116 Å². The molecule has 0 atom stereocenters. The third-order valence-electron chi connectivity index (χ3n) is 2.61. The van der Waals surface area contributed by atoms with Gasteiger partial charge in [0, 0.05) is 6.54 Å². The van der Waals surface area contributed by atoms with Gasteiger partial charge in [0.1, 0.15) is 5.75 Å². The van der Waals surface area contributed by atoms with Crippen LogP contribution in [-0.4, -0.2) is 27.7 Å². The number of thioether (sulfide) groups is 1. The molecule has 19 heavy (non-hydrogen) atoms. The predicted molar refractivity (Wildman–Crippen MR) is 75.6 cm³/mol. The molecular weight excluding hydrogens is 262 g/mol. The molecule has 100 valence electrons. The Morgan fingerprint density at radius 3 is 2.47 bits per heavy atom. The molecule has 1 aliphatic heterocycles. The van der Waals surface area contributed by atoms with Gasteiger partial charge in [0.2, 0.25) is 0 Å². The van der Waals surface area contributed by atoms with Crippen molar-refractivity contribution < 1.29 is 14.7 Å². The average Bonchev–Trinajstić information content (AvgIpc) is 2.60. The number of nitrogens with zero attached hydrogens (tertiary/aromatic N) is 1. The second-order valence-corrected chi connectivity index (χ2v) is 5.77. The summed E-state index contributed by atoms with van der Waals surface area (Å²) in [6.07, 6.45) is 1.67. The Bertz CT molecular complexity index is 534. The van der Waals surface area contributed by atoms with Crippen molar-refractivity contribution in [1.82, 2.24) is 4.90 Å². The van der Waals surface area contributed by atoms with Gasteiger partial charge in [-0.05, 0) is 41.5 Å². The van der Waals surface area contributed by atoms with Crippen LogP contribution < -0.4 is 0 Å². The third kappa shape index (κ3) is 3.17. The number of imide groups is 1. The number of phenols is 1. The van der Waals surface area contributed by atoms with E-state index in [0.29, 0.717) is 11.4 Å². The summed E-state index contributed by atoms with van der Waals surface area (Å²) in [5, 5.41) is 8.98. The maximum Gasteiger partial charge on any atom is 0.293 e. The summed E-state index contributed by atoms with van der Waals surface area (Å²) in [5.74, 6) is 0.184. The molecule has 1 fully saturated rings. The quantitative estimate of drug-likeness (QED) is 0.863. The number of carbonyl (C=O) groups is 2. The molecule has 2 rings (SSSR count). The number of benzene rings is 1. The Morgan fingerprint density at radius 2 is 1.89 bits per heavy atom. The molecule has 0 bridgehead atoms. The minimum atomic E-state index is -0.239. The molecule has 1 aliphatic rings. The first-order valence-electron chi connectivity index (χ1n) is 6.02. The normalized spacial score (nSPS) is 17.8. The number of aromatic hydroxyl groups is 1. The first-order chi connectivity index (χ1) is 8.97. The zero-order valence-corrected chi connectivity index (χ0v) is 11.6. The highest BCUT2D eigenvalue weighted by molar-refractivity contribution is 8.18. The highest BCUT2D eigenvalue weighted by atomic mass is 32.2. The number of rotatable bonds is 3. The van der Waals surface area contributed by atoms with Gasteiger partial charge in [0.15, 0.2) is 0 Å². The van der Waals surface area contributed by atoms with Crippen molar-refractivity contribution >= 4 is 29.0 Å². The van der Waals surface area contributed by atoms with Crippen molar-refractivity contribution in [1.29, 1.82) is 0 Å². The second-order valence-electron chi connectivity index (χ2n) is 4.78. The van der Waals surface area contributed by atoms with Crippen LogP contribution in [0.2, 0.25) is 0 Å². The van der Waals surface area contributed by atoms with E-state index < -0.39 is 0 Å². The van der Waals surface area contributed by atoms with Crippen molar-refractivity contribution in [3.63, 3.8) is 0 Å². The van der Waals surface area contributed by atoms with Crippen LogP contribution in [0.3, 0.4) is 0 Å². The first-order valence-corrected chi connectivity index (χ1v) is 6.83. The van der Waals surface area contributed by atoms with Gasteiger partial charge < -0.3 is 5.11 Å². The van der Waals surface area contributed by atoms with Crippen LogP contribution in [-0.2, 0) is 4.79 Å². The monoisotopic (exact) mass is 277 g/mol. The zero-order chi connectivity index (χ0) is 14.0. The second kappa shape index (κ2) is 5.48. The topological polar surface area (TPSA) is 57.6 Å². The van der Waals surface area contributed by atoms with E-state index in [0.717, 1.165) is 17.3 Å². The van der Waals surface area contributed by atoms with Crippen molar-refractivity contribution in [3.8, 4) is 5.75 Å². The fourth-order valence-electron chi connectivity index (χ4n) is 1.74. The number of phenolic OH excluding ortho intramolecular Hbond substituents is 1. The fraction of sp³-hybridized carbons (Fsp3) is 0.286. The molecule has 2 amide bonds. The largest absolute Gasteiger partial charge is 0.508 e. The van der Waals surface area contributed by atoms with Gasteiger partial charge in [-0.15, -0.1) is 0 Å². The van der Waals surface area contributed by atoms with Gasteiger partial charge in [-0.25, -0.2) is 0 Å². The predicted octanol–water partition coefficient (Wildman–Crippen LogP) is 3.08. The van der Waals surface area contributed by atoms with E-state index in [1.54, 1.807) is 30.3 Å². The van der Waals surface area contributed by atoms with Crippen LogP contribution in [0, 0.1) is 5.92 Å². The molecule has 5 heteroatoms. The molecule has 1 N–H and O–H groups in total. The number of hydrogen-bond donors (Lipinski definition) is 1. The molecule has 1 aromatic rings. The van der Waals surface area contributed by atoms with Gasteiger partial charge in [-0.2, -0.15) is 0 Å². The van der Waals surface area contributed by atoms with E-state index >= 15 is 0 Å². The number of hydrogen-bond acceptors (Lipinski definition) is 4. The molecule has 1 saturated heterocycles. The van der Waals surface area contributed by atoms with Crippen molar-refractivity contribution in [2.24, 2.45) is 5.92 Å². The molecule has 1 heterocycles. The maximum atomic E-state index is 12.1. The molecule has 0 spiro atoms. The van der Waals surface area contributed by atoms with Crippen LogP contribution in [0.4, 0.5) is 4.79 Å². The van der Waals surface area contributed by atoms with Crippen molar-refractivity contribution in [2.75, 3.05) is 6.54 Å². The van der Waals surface area contributed by atoms with Gasteiger partial charge in [0.05, 0.1) is 4.91 Å². The molecule has 0 unspecified atom stereocenters. The summed E-state index contributed by atoms with van der Waals surface area (Å²) in [7, 11) is 0. The van der Waals surface area contributed by atoms with E-state index in [1.807, 2.05) is 13.8 Å². The van der Waals surface area contributed by atoms with Gasteiger partial charge in [-0.1, -0.05) is 26.0 Å². The highest BCUT2D eigenvalue weighted by Crippen LogP contribution is 2.32. The lowest BCUT2D eigenvalue weighted by Gasteiger charge is -2.14. The highest BCUT2D eigenvalue weighted by Gasteiger charge is 2.35. The average molecular weight is 277 g/mol. The number of amides is 2. The van der Waals surface area contributed by atoms with Crippen LogP contribution >= 0.6 is 11.8 Å². The smallest absolute Gasteiger partial charge is 0.293 e. The lowest BCUT2D eigenvalue weighted by atomic mass is 10.2. The maximum absolute atomic E-state index is 12.1. The Balaban J connectivity index is 2.20. The molecule has 0 aromatic heterocycles. The summed E-state index contributed by atoms with van der Waals surface area (Å²) >= 11 is 0.959. The van der Waals surface area contributed by atoms with Gasteiger partial charge >= 0.3 is 0 Å². The van der Waals surface area contributed by atoms with Crippen molar-refractivity contribution in [3.05, 3.63) is 34.7 Å². The first kappa shape index (κ1) is 13.7. The Hall–Kier alpha value is -1.75. The van der Waals surface area contributed by atoms with Crippen LogP contribution in [0.15, 0.2) is 29.2 Å². The fourth-order valence-corrected chi connectivity index (χ4v) is 2.59. The lowest BCUT2D eigenvalue weighted by Crippen LogP contribution is -2.31.